The Balaban J connectivity index is 2.27. The highest BCUT2D eigenvalue weighted by Gasteiger charge is 2.33. The maximum Gasteiger partial charge on any atom is 0.244 e. The van der Waals surface area contributed by atoms with E-state index in [1.54, 1.807) is 11.4 Å². The van der Waals surface area contributed by atoms with Crippen molar-refractivity contribution in [3.8, 4) is 0 Å². The van der Waals surface area contributed by atoms with Gasteiger partial charge in [0.25, 0.3) is 0 Å². The van der Waals surface area contributed by atoms with E-state index in [0.29, 0.717) is 10.8 Å². The van der Waals surface area contributed by atoms with Crippen LogP contribution in [0.4, 0.5) is 0 Å². The molecular formula is C14H22ClNO2S2. The molecule has 1 aliphatic carbocycles. The zero-order chi connectivity index (χ0) is 14.9. The van der Waals surface area contributed by atoms with E-state index >= 15 is 0 Å². The van der Waals surface area contributed by atoms with Crippen molar-refractivity contribution in [2.45, 2.75) is 56.3 Å². The minimum absolute atomic E-state index is 0.124. The minimum atomic E-state index is -3.43. The van der Waals surface area contributed by atoms with E-state index in [2.05, 4.69) is 6.92 Å². The van der Waals surface area contributed by atoms with E-state index < -0.39 is 10.0 Å². The number of alkyl halides is 1. The highest BCUT2D eigenvalue weighted by atomic mass is 35.5. The first-order valence-electron chi connectivity index (χ1n) is 6.99. The van der Waals surface area contributed by atoms with Crippen molar-refractivity contribution >= 4 is 33.0 Å². The monoisotopic (exact) mass is 335 g/mol. The molecule has 1 aromatic rings. The van der Waals surface area contributed by atoms with Gasteiger partial charge in [0.1, 0.15) is 4.90 Å². The van der Waals surface area contributed by atoms with Gasteiger partial charge in [0.05, 0.1) is 5.88 Å². The largest absolute Gasteiger partial charge is 0.244 e. The summed E-state index contributed by atoms with van der Waals surface area (Å²) in [6.07, 6.45) is 4.12. The second-order valence-corrected chi connectivity index (χ2v) is 8.91. The number of rotatable bonds is 4. The van der Waals surface area contributed by atoms with Crippen molar-refractivity contribution in [2.75, 3.05) is 7.05 Å². The smallest absolute Gasteiger partial charge is 0.207 e. The molecule has 2 rings (SSSR count). The van der Waals surface area contributed by atoms with Gasteiger partial charge < -0.3 is 0 Å². The Morgan fingerprint density at radius 2 is 1.95 bits per heavy atom. The molecule has 0 unspecified atom stereocenters. The fourth-order valence-electron chi connectivity index (χ4n) is 2.87. The second kappa shape index (κ2) is 6.34. The summed E-state index contributed by atoms with van der Waals surface area (Å²) in [5, 5.41) is 1.88. The van der Waals surface area contributed by atoms with Gasteiger partial charge in [0.15, 0.2) is 0 Å². The maximum absolute atomic E-state index is 12.8. The Kier molecular flexibility index (Phi) is 5.16. The third-order valence-corrected chi connectivity index (χ3v) is 8.05. The summed E-state index contributed by atoms with van der Waals surface area (Å²) in [5.41, 5.74) is 0.807. The van der Waals surface area contributed by atoms with Crippen LogP contribution in [-0.2, 0) is 15.9 Å². The van der Waals surface area contributed by atoms with E-state index in [1.807, 2.05) is 12.3 Å². The predicted molar refractivity (Wildman–Crippen MR) is 85.0 cm³/mol. The summed E-state index contributed by atoms with van der Waals surface area (Å²) in [4.78, 5) is 1.18. The Bertz CT molecular complexity index is 560. The van der Waals surface area contributed by atoms with Crippen molar-refractivity contribution in [2.24, 2.45) is 5.92 Å². The molecule has 1 heterocycles. The lowest BCUT2D eigenvalue weighted by atomic mass is 9.87. The fraction of sp³-hybridized carbons (Fsp3) is 0.714. The van der Waals surface area contributed by atoms with Crippen molar-refractivity contribution in [3.63, 3.8) is 0 Å². The van der Waals surface area contributed by atoms with E-state index in [1.165, 1.54) is 11.3 Å². The van der Waals surface area contributed by atoms with E-state index in [9.17, 15) is 8.42 Å². The van der Waals surface area contributed by atoms with Crippen LogP contribution in [0.1, 0.15) is 43.0 Å². The van der Waals surface area contributed by atoms with Crippen LogP contribution in [0.15, 0.2) is 10.3 Å². The Morgan fingerprint density at radius 1 is 1.35 bits per heavy atom. The van der Waals surface area contributed by atoms with Gasteiger partial charge in [-0.15, -0.1) is 22.9 Å². The molecule has 1 saturated carbocycles. The molecule has 0 amide bonds. The number of thiophene rings is 1. The first-order chi connectivity index (χ1) is 9.37. The lowest BCUT2D eigenvalue weighted by Crippen LogP contribution is -2.39. The van der Waals surface area contributed by atoms with Gasteiger partial charge in [0, 0.05) is 18.0 Å². The van der Waals surface area contributed by atoms with Crippen LogP contribution in [0.2, 0.25) is 0 Å². The topological polar surface area (TPSA) is 37.4 Å². The first kappa shape index (κ1) is 16.3. The first-order valence-corrected chi connectivity index (χ1v) is 9.84. The quantitative estimate of drug-likeness (QED) is 0.780. The van der Waals surface area contributed by atoms with Crippen LogP contribution in [0, 0.1) is 12.8 Å². The Hall–Kier alpha value is -0.100. The molecule has 0 saturated heterocycles. The van der Waals surface area contributed by atoms with Crippen molar-refractivity contribution in [1.82, 2.24) is 4.31 Å². The summed E-state index contributed by atoms with van der Waals surface area (Å²) in [5.74, 6) is 0.964. The third-order valence-electron chi connectivity index (χ3n) is 4.25. The van der Waals surface area contributed by atoms with Crippen LogP contribution in [-0.4, -0.2) is 25.8 Å². The number of nitrogens with zero attached hydrogens (tertiary/aromatic N) is 1. The molecule has 114 valence electrons. The van der Waals surface area contributed by atoms with Gasteiger partial charge in [-0.3, -0.25) is 0 Å². The second-order valence-electron chi connectivity index (χ2n) is 5.74. The zero-order valence-electron chi connectivity index (χ0n) is 12.2. The molecule has 0 atom stereocenters. The molecule has 1 aromatic heterocycles. The molecular weight excluding hydrogens is 314 g/mol. The summed E-state index contributed by atoms with van der Waals surface area (Å²) in [6, 6.07) is 0.124. The van der Waals surface area contributed by atoms with Gasteiger partial charge in [-0.1, -0.05) is 6.92 Å². The van der Waals surface area contributed by atoms with Crippen molar-refractivity contribution < 1.29 is 8.42 Å². The van der Waals surface area contributed by atoms with Gasteiger partial charge in [-0.25, -0.2) is 8.42 Å². The lowest BCUT2D eigenvalue weighted by Gasteiger charge is -2.33. The maximum atomic E-state index is 12.8. The molecule has 0 N–H and O–H groups in total. The normalized spacial score (nSPS) is 24.2. The van der Waals surface area contributed by atoms with Crippen LogP contribution >= 0.6 is 22.9 Å². The van der Waals surface area contributed by atoms with Gasteiger partial charge >= 0.3 is 0 Å². The lowest BCUT2D eigenvalue weighted by molar-refractivity contribution is 0.246. The predicted octanol–water partition coefficient (Wildman–Crippen LogP) is 3.99. The number of aryl methyl sites for hydroxylation is 1. The molecule has 3 nitrogen and oxygen atoms in total. The highest BCUT2D eigenvalue weighted by Crippen LogP contribution is 2.34. The Labute approximate surface area is 131 Å². The van der Waals surface area contributed by atoms with E-state index in [-0.39, 0.29) is 11.9 Å². The molecule has 20 heavy (non-hydrogen) atoms. The highest BCUT2D eigenvalue weighted by molar-refractivity contribution is 7.89. The number of hydrogen-bond acceptors (Lipinski definition) is 3. The molecule has 0 spiro atoms. The summed E-state index contributed by atoms with van der Waals surface area (Å²) < 4.78 is 27.3. The standard InChI is InChI=1S/C14H22ClNO2S2/c1-10-4-6-12(7-5-10)16(3)20(17,18)14-11(2)9-19-13(14)8-15/h9-10,12H,4-8H2,1-3H3. The zero-order valence-corrected chi connectivity index (χ0v) is 14.6. The van der Waals surface area contributed by atoms with Crippen molar-refractivity contribution in [3.05, 3.63) is 15.8 Å². The summed E-state index contributed by atoms with van der Waals surface area (Å²) in [6.45, 7) is 4.08. The SMILES string of the molecule is Cc1csc(CCl)c1S(=O)(=O)N(C)C1CCC(C)CC1. The number of hydrogen-bond donors (Lipinski definition) is 0. The molecule has 1 fully saturated rings. The molecule has 1 aliphatic rings. The van der Waals surface area contributed by atoms with E-state index in [0.717, 1.165) is 36.1 Å². The molecule has 0 aromatic carbocycles. The third kappa shape index (κ3) is 3.06. The van der Waals surface area contributed by atoms with Gasteiger partial charge in [-0.2, -0.15) is 4.31 Å². The summed E-state index contributed by atoms with van der Waals surface area (Å²) >= 11 is 7.32. The van der Waals surface area contributed by atoms with Crippen LogP contribution in [0.25, 0.3) is 0 Å². The molecule has 0 bridgehead atoms. The van der Waals surface area contributed by atoms with Crippen molar-refractivity contribution in [1.29, 1.82) is 0 Å². The average Bonchev–Trinajstić information content (AvgIpc) is 2.80. The Morgan fingerprint density at radius 3 is 2.50 bits per heavy atom. The van der Waals surface area contributed by atoms with Crippen LogP contribution in [0.5, 0.6) is 0 Å². The van der Waals surface area contributed by atoms with Gasteiger partial charge in [-0.05, 0) is 49.5 Å². The average molecular weight is 336 g/mol. The van der Waals surface area contributed by atoms with Gasteiger partial charge in [0.2, 0.25) is 10.0 Å². The fourth-order valence-corrected chi connectivity index (χ4v) is 6.29. The number of sulfonamides is 1. The molecule has 6 heteroatoms. The van der Waals surface area contributed by atoms with E-state index in [4.69, 9.17) is 11.6 Å². The van der Waals surface area contributed by atoms with Crippen LogP contribution < -0.4 is 0 Å². The summed E-state index contributed by atoms with van der Waals surface area (Å²) in [7, 11) is -1.71. The van der Waals surface area contributed by atoms with Crippen LogP contribution in [0.3, 0.4) is 0 Å². The molecule has 0 radical (unpaired) electrons. The number of halogens is 1. The minimum Gasteiger partial charge on any atom is -0.207 e. The molecule has 0 aliphatic heterocycles.